The van der Waals surface area contributed by atoms with Crippen LogP contribution in [0.15, 0.2) is 0 Å². The summed E-state index contributed by atoms with van der Waals surface area (Å²) in [4.78, 5) is 0. The van der Waals surface area contributed by atoms with Crippen LogP contribution in [0.5, 0.6) is 0 Å². The van der Waals surface area contributed by atoms with E-state index in [9.17, 15) is 0 Å². The van der Waals surface area contributed by atoms with Gasteiger partial charge in [0.05, 0.1) is 0 Å². The Bertz CT molecular complexity index is 99.4. The molecule has 0 bridgehead atoms. The Morgan fingerprint density at radius 2 is 1.45 bits per heavy atom. The summed E-state index contributed by atoms with van der Waals surface area (Å²) in [5, 5.41) is 3.44. The van der Waals surface area contributed by atoms with Crippen LogP contribution in [0, 0.1) is 11.8 Å². The lowest BCUT2D eigenvalue weighted by Crippen LogP contribution is -2.36. The van der Waals surface area contributed by atoms with E-state index >= 15 is 0 Å². The second-order valence-electron chi connectivity index (χ2n) is 4.05. The zero-order valence-corrected chi connectivity index (χ0v) is 8.06. The molecule has 66 valence electrons. The van der Waals surface area contributed by atoms with Crippen molar-refractivity contribution in [1.29, 1.82) is 0 Å². The van der Waals surface area contributed by atoms with E-state index in [-0.39, 0.29) is 0 Å². The molecule has 1 aliphatic rings. The molecule has 1 fully saturated rings. The molecule has 0 aromatic carbocycles. The summed E-state index contributed by atoms with van der Waals surface area (Å²) in [7, 11) is 2.10. The SMILES string of the molecule is CNC1C(C)CCCCC1C. The van der Waals surface area contributed by atoms with Gasteiger partial charge in [0, 0.05) is 6.04 Å². The highest BCUT2D eigenvalue weighted by atomic mass is 14.9. The van der Waals surface area contributed by atoms with Crippen LogP contribution in [0.4, 0.5) is 0 Å². The van der Waals surface area contributed by atoms with Crippen LogP contribution in [0.25, 0.3) is 0 Å². The van der Waals surface area contributed by atoms with Crippen molar-refractivity contribution in [2.75, 3.05) is 7.05 Å². The maximum absolute atomic E-state index is 3.44. The van der Waals surface area contributed by atoms with Gasteiger partial charge in [0.15, 0.2) is 0 Å². The summed E-state index contributed by atoms with van der Waals surface area (Å²) >= 11 is 0. The van der Waals surface area contributed by atoms with Gasteiger partial charge in [-0.3, -0.25) is 0 Å². The highest BCUT2D eigenvalue weighted by Gasteiger charge is 2.23. The zero-order chi connectivity index (χ0) is 8.27. The quantitative estimate of drug-likeness (QED) is 0.573. The van der Waals surface area contributed by atoms with Gasteiger partial charge in [0.2, 0.25) is 0 Å². The summed E-state index contributed by atoms with van der Waals surface area (Å²) in [6.45, 7) is 4.76. The van der Waals surface area contributed by atoms with Gasteiger partial charge in [0.25, 0.3) is 0 Å². The predicted octanol–water partition coefficient (Wildman–Crippen LogP) is 2.42. The topological polar surface area (TPSA) is 12.0 Å². The van der Waals surface area contributed by atoms with Crippen LogP contribution in [0.2, 0.25) is 0 Å². The van der Waals surface area contributed by atoms with Crippen molar-refractivity contribution >= 4 is 0 Å². The van der Waals surface area contributed by atoms with E-state index in [1.165, 1.54) is 25.7 Å². The van der Waals surface area contributed by atoms with E-state index in [1.807, 2.05) is 0 Å². The fraction of sp³-hybridized carbons (Fsp3) is 1.00. The van der Waals surface area contributed by atoms with E-state index < -0.39 is 0 Å². The van der Waals surface area contributed by atoms with Crippen LogP contribution in [0.1, 0.15) is 39.5 Å². The first-order valence-corrected chi connectivity index (χ1v) is 4.93. The molecule has 0 aromatic heterocycles. The van der Waals surface area contributed by atoms with Crippen LogP contribution in [0.3, 0.4) is 0 Å². The lowest BCUT2D eigenvalue weighted by molar-refractivity contribution is 0.304. The standard InChI is InChI=1S/C10H21N/c1-8-6-4-5-7-9(2)10(8)11-3/h8-11H,4-7H2,1-3H3. The largest absolute Gasteiger partial charge is 0.316 e. The van der Waals surface area contributed by atoms with Crippen LogP contribution in [-0.2, 0) is 0 Å². The van der Waals surface area contributed by atoms with Crippen LogP contribution in [-0.4, -0.2) is 13.1 Å². The van der Waals surface area contributed by atoms with Gasteiger partial charge in [0.1, 0.15) is 0 Å². The summed E-state index contributed by atoms with van der Waals surface area (Å²) in [6.07, 6.45) is 5.69. The first-order chi connectivity index (χ1) is 5.25. The molecule has 1 saturated carbocycles. The van der Waals surface area contributed by atoms with E-state index in [1.54, 1.807) is 0 Å². The van der Waals surface area contributed by atoms with Gasteiger partial charge in [-0.25, -0.2) is 0 Å². The third-order valence-electron chi connectivity index (χ3n) is 3.13. The fourth-order valence-electron chi connectivity index (χ4n) is 2.42. The first kappa shape index (κ1) is 9.05. The lowest BCUT2D eigenvalue weighted by Gasteiger charge is -2.26. The Kier molecular flexibility index (Phi) is 3.38. The summed E-state index contributed by atoms with van der Waals surface area (Å²) in [6, 6.07) is 0.762. The second kappa shape index (κ2) is 4.10. The third-order valence-corrected chi connectivity index (χ3v) is 3.13. The molecular weight excluding hydrogens is 134 g/mol. The first-order valence-electron chi connectivity index (χ1n) is 4.93. The van der Waals surface area contributed by atoms with Gasteiger partial charge in [-0.15, -0.1) is 0 Å². The molecule has 2 unspecified atom stereocenters. The third kappa shape index (κ3) is 2.19. The molecule has 1 aliphatic carbocycles. The lowest BCUT2D eigenvalue weighted by atomic mass is 9.90. The van der Waals surface area contributed by atoms with E-state index in [2.05, 4.69) is 26.2 Å². The predicted molar refractivity (Wildman–Crippen MR) is 49.6 cm³/mol. The fourth-order valence-corrected chi connectivity index (χ4v) is 2.42. The molecule has 1 N–H and O–H groups in total. The molecule has 11 heavy (non-hydrogen) atoms. The zero-order valence-electron chi connectivity index (χ0n) is 8.06. The van der Waals surface area contributed by atoms with Gasteiger partial charge >= 0.3 is 0 Å². The Morgan fingerprint density at radius 1 is 1.00 bits per heavy atom. The average Bonchev–Trinajstić information content (AvgIpc) is 2.12. The Balaban J connectivity index is 2.51. The molecule has 0 amide bonds. The molecular formula is C10H21N. The van der Waals surface area contributed by atoms with Crippen molar-refractivity contribution in [2.45, 2.75) is 45.6 Å². The Labute approximate surface area is 70.6 Å². The smallest absolute Gasteiger partial charge is 0.0115 e. The second-order valence-corrected chi connectivity index (χ2v) is 4.05. The molecule has 0 aliphatic heterocycles. The van der Waals surface area contributed by atoms with E-state index in [4.69, 9.17) is 0 Å². The van der Waals surface area contributed by atoms with E-state index in [0.717, 1.165) is 17.9 Å². The van der Waals surface area contributed by atoms with Crippen molar-refractivity contribution in [3.05, 3.63) is 0 Å². The molecule has 0 spiro atoms. The van der Waals surface area contributed by atoms with Crippen LogP contribution < -0.4 is 5.32 Å². The number of hydrogen-bond acceptors (Lipinski definition) is 1. The normalized spacial score (nSPS) is 40.1. The van der Waals surface area contributed by atoms with Crippen molar-refractivity contribution in [3.8, 4) is 0 Å². The Morgan fingerprint density at radius 3 is 1.82 bits per heavy atom. The molecule has 1 rings (SSSR count). The average molecular weight is 155 g/mol. The monoisotopic (exact) mass is 155 g/mol. The minimum atomic E-state index is 0.762. The molecule has 0 heterocycles. The molecule has 1 heteroatoms. The maximum atomic E-state index is 3.44. The summed E-state index contributed by atoms with van der Waals surface area (Å²) in [5.74, 6) is 1.75. The highest BCUT2D eigenvalue weighted by Crippen LogP contribution is 2.27. The molecule has 0 radical (unpaired) electrons. The minimum Gasteiger partial charge on any atom is -0.316 e. The molecule has 1 nitrogen and oxygen atoms in total. The van der Waals surface area contributed by atoms with E-state index in [0.29, 0.717) is 0 Å². The Hall–Kier alpha value is -0.0400. The molecule has 0 aromatic rings. The number of rotatable bonds is 1. The van der Waals surface area contributed by atoms with Crippen molar-refractivity contribution < 1.29 is 0 Å². The summed E-state index contributed by atoms with van der Waals surface area (Å²) in [5.41, 5.74) is 0. The van der Waals surface area contributed by atoms with Crippen molar-refractivity contribution in [1.82, 2.24) is 5.32 Å². The van der Waals surface area contributed by atoms with Gasteiger partial charge in [-0.1, -0.05) is 26.7 Å². The number of hydrogen-bond donors (Lipinski definition) is 1. The highest BCUT2D eigenvalue weighted by molar-refractivity contribution is 4.80. The number of nitrogens with one attached hydrogen (secondary N) is 1. The van der Waals surface area contributed by atoms with Gasteiger partial charge in [-0.05, 0) is 31.7 Å². The molecule has 2 atom stereocenters. The van der Waals surface area contributed by atoms with Crippen molar-refractivity contribution in [3.63, 3.8) is 0 Å². The van der Waals surface area contributed by atoms with Crippen molar-refractivity contribution in [2.24, 2.45) is 11.8 Å². The summed E-state index contributed by atoms with van der Waals surface area (Å²) < 4.78 is 0. The minimum absolute atomic E-state index is 0.762. The van der Waals surface area contributed by atoms with Gasteiger partial charge < -0.3 is 5.32 Å². The van der Waals surface area contributed by atoms with Crippen LogP contribution >= 0.6 is 0 Å². The van der Waals surface area contributed by atoms with Gasteiger partial charge in [-0.2, -0.15) is 0 Å². The maximum Gasteiger partial charge on any atom is 0.0115 e. The molecule has 0 saturated heterocycles.